The van der Waals surface area contributed by atoms with Crippen LogP contribution in [0.5, 0.6) is 0 Å². The van der Waals surface area contributed by atoms with Crippen LogP contribution in [0.15, 0.2) is 18.2 Å². The van der Waals surface area contributed by atoms with E-state index >= 15 is 0 Å². The molecule has 1 amide bonds. The first-order chi connectivity index (χ1) is 7.56. The maximum absolute atomic E-state index is 13.2. The molecular weight excluding hydrogens is 212 g/mol. The van der Waals surface area contributed by atoms with Gasteiger partial charge in [-0.3, -0.25) is 4.79 Å². The minimum atomic E-state index is -0.720. The Morgan fingerprint density at radius 1 is 1.44 bits per heavy atom. The summed E-state index contributed by atoms with van der Waals surface area (Å²) in [7, 11) is 1.49. The van der Waals surface area contributed by atoms with Crippen LogP contribution >= 0.6 is 0 Å². The Bertz CT molecular complexity index is 417. The van der Waals surface area contributed by atoms with E-state index in [4.69, 9.17) is 6.42 Å². The SMILES string of the molecule is C#CCN(C)C(=O)Cc1c(F)cccc1F. The van der Waals surface area contributed by atoms with Gasteiger partial charge < -0.3 is 4.90 Å². The second-order valence-corrected chi connectivity index (χ2v) is 3.33. The number of terminal acetylenes is 1. The van der Waals surface area contributed by atoms with E-state index in [0.29, 0.717) is 0 Å². The van der Waals surface area contributed by atoms with E-state index in [1.807, 2.05) is 0 Å². The Labute approximate surface area is 92.9 Å². The first kappa shape index (κ1) is 12.2. The lowest BCUT2D eigenvalue weighted by atomic mass is 10.1. The highest BCUT2D eigenvalue weighted by atomic mass is 19.1. The topological polar surface area (TPSA) is 20.3 Å². The molecule has 1 aromatic carbocycles. The summed E-state index contributed by atoms with van der Waals surface area (Å²) in [6.45, 7) is 0.120. The Morgan fingerprint density at radius 3 is 2.50 bits per heavy atom. The average molecular weight is 223 g/mol. The van der Waals surface area contributed by atoms with Gasteiger partial charge in [0.25, 0.3) is 0 Å². The zero-order chi connectivity index (χ0) is 12.1. The van der Waals surface area contributed by atoms with E-state index in [0.717, 1.165) is 12.1 Å². The summed E-state index contributed by atoms with van der Waals surface area (Å²) in [6.07, 6.45) is 4.71. The van der Waals surface area contributed by atoms with Crippen molar-refractivity contribution in [2.24, 2.45) is 0 Å². The lowest BCUT2D eigenvalue weighted by molar-refractivity contribution is -0.128. The van der Waals surface area contributed by atoms with Crippen molar-refractivity contribution in [3.63, 3.8) is 0 Å². The van der Waals surface area contributed by atoms with Gasteiger partial charge in [-0.15, -0.1) is 6.42 Å². The Balaban J connectivity index is 2.82. The predicted octanol–water partition coefficient (Wildman–Crippen LogP) is 1.60. The Kier molecular flexibility index (Phi) is 4.01. The molecule has 16 heavy (non-hydrogen) atoms. The first-order valence-electron chi connectivity index (χ1n) is 4.66. The van der Waals surface area contributed by atoms with Crippen LogP contribution in [-0.2, 0) is 11.2 Å². The van der Waals surface area contributed by atoms with Gasteiger partial charge >= 0.3 is 0 Å². The molecule has 0 atom stereocenters. The van der Waals surface area contributed by atoms with Crippen LogP contribution in [0, 0.1) is 24.0 Å². The number of likely N-dealkylation sites (N-methyl/N-ethyl adjacent to an activating group) is 1. The average Bonchev–Trinajstić information content (AvgIpc) is 2.23. The predicted molar refractivity (Wildman–Crippen MR) is 56.5 cm³/mol. The Morgan fingerprint density at radius 2 is 2.00 bits per heavy atom. The fourth-order valence-corrected chi connectivity index (χ4v) is 1.21. The fourth-order valence-electron chi connectivity index (χ4n) is 1.21. The standard InChI is InChI=1S/C12H11F2NO/c1-3-7-15(2)12(16)8-9-10(13)5-4-6-11(9)14/h1,4-6H,7-8H2,2H3. The van der Waals surface area contributed by atoms with E-state index in [1.54, 1.807) is 0 Å². The van der Waals surface area contributed by atoms with Crippen molar-refractivity contribution in [1.82, 2.24) is 4.90 Å². The van der Waals surface area contributed by atoms with Crippen LogP contribution in [0.1, 0.15) is 5.56 Å². The maximum atomic E-state index is 13.2. The van der Waals surface area contributed by atoms with Gasteiger partial charge in [-0.1, -0.05) is 12.0 Å². The van der Waals surface area contributed by atoms with E-state index in [1.165, 1.54) is 18.0 Å². The fraction of sp³-hybridized carbons (Fsp3) is 0.250. The summed E-state index contributed by atoms with van der Waals surface area (Å²) in [6, 6.07) is 3.49. The van der Waals surface area contributed by atoms with Crippen molar-refractivity contribution in [3.8, 4) is 12.3 Å². The number of benzene rings is 1. The lowest BCUT2D eigenvalue weighted by Gasteiger charge is -2.14. The lowest BCUT2D eigenvalue weighted by Crippen LogP contribution is -2.29. The molecule has 84 valence electrons. The van der Waals surface area contributed by atoms with Crippen LogP contribution in [0.3, 0.4) is 0 Å². The van der Waals surface area contributed by atoms with Gasteiger partial charge in [-0.2, -0.15) is 0 Å². The van der Waals surface area contributed by atoms with Crippen LogP contribution in [-0.4, -0.2) is 24.4 Å². The third-order valence-corrected chi connectivity index (χ3v) is 2.14. The molecule has 0 radical (unpaired) electrons. The van der Waals surface area contributed by atoms with Crippen molar-refractivity contribution in [2.75, 3.05) is 13.6 Å². The first-order valence-corrected chi connectivity index (χ1v) is 4.66. The zero-order valence-corrected chi connectivity index (χ0v) is 8.84. The highest BCUT2D eigenvalue weighted by Gasteiger charge is 2.15. The molecule has 0 aliphatic heterocycles. The largest absolute Gasteiger partial charge is 0.334 e. The van der Waals surface area contributed by atoms with Crippen molar-refractivity contribution >= 4 is 5.91 Å². The molecule has 0 aliphatic rings. The van der Waals surface area contributed by atoms with Crippen molar-refractivity contribution in [3.05, 3.63) is 35.4 Å². The van der Waals surface area contributed by atoms with Crippen molar-refractivity contribution in [2.45, 2.75) is 6.42 Å². The van der Waals surface area contributed by atoms with Crippen LogP contribution in [0.25, 0.3) is 0 Å². The number of rotatable bonds is 3. The molecule has 1 aromatic rings. The molecule has 0 saturated carbocycles. The van der Waals surface area contributed by atoms with Gasteiger partial charge in [-0.05, 0) is 12.1 Å². The highest BCUT2D eigenvalue weighted by Crippen LogP contribution is 2.13. The van der Waals surface area contributed by atoms with Gasteiger partial charge in [0, 0.05) is 12.6 Å². The number of hydrogen-bond donors (Lipinski definition) is 0. The molecule has 0 saturated heterocycles. The van der Waals surface area contributed by atoms with E-state index in [2.05, 4.69) is 5.92 Å². The minimum Gasteiger partial charge on any atom is -0.334 e. The molecule has 2 nitrogen and oxygen atoms in total. The molecule has 0 bridgehead atoms. The zero-order valence-electron chi connectivity index (χ0n) is 8.84. The summed E-state index contributed by atoms with van der Waals surface area (Å²) in [5, 5.41) is 0. The number of nitrogens with zero attached hydrogens (tertiary/aromatic N) is 1. The summed E-state index contributed by atoms with van der Waals surface area (Å²) in [5.41, 5.74) is -0.226. The number of carbonyl (C=O) groups excluding carboxylic acids is 1. The molecule has 0 fully saturated rings. The normalized spacial score (nSPS) is 9.62. The van der Waals surface area contributed by atoms with Gasteiger partial charge in [-0.25, -0.2) is 8.78 Å². The molecular formula is C12H11F2NO. The maximum Gasteiger partial charge on any atom is 0.227 e. The van der Waals surface area contributed by atoms with E-state index < -0.39 is 17.5 Å². The van der Waals surface area contributed by atoms with Gasteiger partial charge in [0.15, 0.2) is 0 Å². The summed E-state index contributed by atoms with van der Waals surface area (Å²) in [5.74, 6) is 0.426. The van der Waals surface area contributed by atoms with Crippen molar-refractivity contribution in [1.29, 1.82) is 0 Å². The monoisotopic (exact) mass is 223 g/mol. The van der Waals surface area contributed by atoms with Gasteiger partial charge in [0.05, 0.1) is 13.0 Å². The molecule has 0 N–H and O–H groups in total. The number of amides is 1. The molecule has 4 heteroatoms. The second kappa shape index (κ2) is 5.26. The highest BCUT2D eigenvalue weighted by molar-refractivity contribution is 5.78. The molecule has 1 rings (SSSR count). The number of hydrogen-bond acceptors (Lipinski definition) is 1. The smallest absolute Gasteiger partial charge is 0.227 e. The van der Waals surface area contributed by atoms with Crippen LogP contribution < -0.4 is 0 Å². The summed E-state index contributed by atoms with van der Waals surface area (Å²) in [4.78, 5) is 12.7. The number of halogens is 2. The van der Waals surface area contributed by atoms with E-state index in [-0.39, 0.29) is 18.5 Å². The second-order valence-electron chi connectivity index (χ2n) is 3.33. The molecule has 0 heterocycles. The van der Waals surface area contributed by atoms with Gasteiger partial charge in [0.2, 0.25) is 5.91 Å². The van der Waals surface area contributed by atoms with Gasteiger partial charge in [0.1, 0.15) is 11.6 Å². The molecule has 0 spiro atoms. The molecule has 0 unspecified atom stereocenters. The minimum absolute atomic E-state index is 0.120. The Hall–Kier alpha value is -1.89. The van der Waals surface area contributed by atoms with Crippen LogP contribution in [0.4, 0.5) is 8.78 Å². The molecule has 0 aromatic heterocycles. The van der Waals surface area contributed by atoms with E-state index in [9.17, 15) is 13.6 Å². The van der Waals surface area contributed by atoms with Crippen molar-refractivity contribution < 1.29 is 13.6 Å². The number of carbonyl (C=O) groups is 1. The summed E-state index contributed by atoms with van der Waals surface area (Å²) >= 11 is 0. The van der Waals surface area contributed by atoms with Crippen LogP contribution in [0.2, 0.25) is 0 Å². The third kappa shape index (κ3) is 2.80. The summed E-state index contributed by atoms with van der Waals surface area (Å²) < 4.78 is 26.4. The molecule has 0 aliphatic carbocycles. The third-order valence-electron chi connectivity index (χ3n) is 2.14. The quantitative estimate of drug-likeness (QED) is 0.713.